The molecule has 0 aromatic heterocycles. The number of rotatable bonds is 3. The molecule has 14 heteroatoms. The molecule has 2 rings (SSSR count). The Labute approximate surface area is 162 Å². The lowest BCUT2D eigenvalue weighted by molar-refractivity contribution is -0.391. The van der Waals surface area contributed by atoms with Gasteiger partial charge in [-0.15, -0.1) is 0 Å². The Bertz CT molecular complexity index is 619. The lowest BCUT2D eigenvalue weighted by Crippen LogP contribution is -2.63. The molecule has 2 N–H and O–H groups in total. The molecule has 0 heterocycles. The highest BCUT2D eigenvalue weighted by molar-refractivity contribution is 5.15. The molecular weight excluding hydrogens is 452 g/mol. The van der Waals surface area contributed by atoms with Crippen LogP contribution in [0.25, 0.3) is 0 Å². The zero-order chi connectivity index (χ0) is 23.9. The molecule has 6 unspecified atom stereocenters. The van der Waals surface area contributed by atoms with Crippen molar-refractivity contribution in [2.24, 2.45) is 35.5 Å². The lowest BCUT2D eigenvalue weighted by atomic mass is 9.70. The monoisotopic (exact) mass is 470 g/mol. The zero-order valence-electron chi connectivity index (χ0n) is 15.3. The molecule has 178 valence electrons. The maximum atomic E-state index is 13.3. The third-order valence-electron chi connectivity index (χ3n) is 6.95. The van der Waals surface area contributed by atoms with E-state index >= 15 is 0 Å². The van der Waals surface area contributed by atoms with E-state index in [-0.39, 0.29) is 0 Å². The Morgan fingerprint density at radius 2 is 1.07 bits per heavy atom. The van der Waals surface area contributed by atoms with E-state index < -0.39 is 84.3 Å². The van der Waals surface area contributed by atoms with Gasteiger partial charge in [-0.3, -0.25) is 0 Å². The van der Waals surface area contributed by atoms with Crippen molar-refractivity contribution in [3.05, 3.63) is 0 Å². The molecule has 6 atom stereocenters. The van der Waals surface area contributed by atoms with Crippen LogP contribution in [0.1, 0.15) is 26.7 Å². The highest BCUT2D eigenvalue weighted by Crippen LogP contribution is 2.68. The number of halogens is 12. The highest BCUT2D eigenvalue weighted by atomic mass is 19.4. The van der Waals surface area contributed by atoms with Crippen LogP contribution in [0, 0.1) is 35.5 Å². The first-order valence-electron chi connectivity index (χ1n) is 8.74. The fourth-order valence-electron chi connectivity index (χ4n) is 5.39. The summed E-state index contributed by atoms with van der Waals surface area (Å²) in [7, 11) is 0. The van der Waals surface area contributed by atoms with Gasteiger partial charge in [0.1, 0.15) is 0 Å². The molecule has 0 amide bonds. The van der Waals surface area contributed by atoms with Crippen molar-refractivity contribution in [1.29, 1.82) is 0 Å². The summed E-state index contributed by atoms with van der Waals surface area (Å²) >= 11 is 0. The molecule has 2 aliphatic rings. The molecule has 0 aliphatic heterocycles. The van der Waals surface area contributed by atoms with Crippen molar-refractivity contribution in [2.45, 2.75) is 62.6 Å². The Balaban J connectivity index is 2.56. The van der Waals surface area contributed by atoms with Crippen molar-refractivity contribution in [1.82, 2.24) is 0 Å². The average Bonchev–Trinajstić information content (AvgIpc) is 2.96. The van der Waals surface area contributed by atoms with Crippen molar-refractivity contribution in [3.8, 4) is 0 Å². The number of aliphatic hydroxyl groups is 2. The van der Waals surface area contributed by atoms with Gasteiger partial charge in [-0.25, -0.2) is 0 Å². The van der Waals surface area contributed by atoms with Gasteiger partial charge in [-0.05, 0) is 42.4 Å². The summed E-state index contributed by atoms with van der Waals surface area (Å²) < 4.78 is 158. The summed E-state index contributed by atoms with van der Waals surface area (Å²) in [5, 5.41) is 19.2. The van der Waals surface area contributed by atoms with Crippen LogP contribution in [0.4, 0.5) is 52.7 Å². The molecule has 0 aromatic rings. The molecule has 2 saturated carbocycles. The first kappa shape index (κ1) is 25.3. The second-order valence-electron chi connectivity index (χ2n) is 8.30. The summed E-state index contributed by atoms with van der Waals surface area (Å²) in [6.07, 6.45) is -28.1. The van der Waals surface area contributed by atoms with Crippen molar-refractivity contribution in [2.75, 3.05) is 0 Å². The van der Waals surface area contributed by atoms with Crippen LogP contribution in [0.3, 0.4) is 0 Å². The van der Waals surface area contributed by atoms with E-state index in [1.807, 2.05) is 0 Å². The topological polar surface area (TPSA) is 40.5 Å². The Hall–Kier alpha value is -0.920. The second-order valence-corrected chi connectivity index (χ2v) is 8.30. The third kappa shape index (κ3) is 3.36. The molecule has 2 bridgehead atoms. The fraction of sp³-hybridized carbons (Fsp3) is 1.00. The first-order valence-corrected chi connectivity index (χ1v) is 8.74. The zero-order valence-corrected chi connectivity index (χ0v) is 15.3. The summed E-state index contributed by atoms with van der Waals surface area (Å²) in [5.74, 6) is -10.4. The van der Waals surface area contributed by atoms with Gasteiger partial charge in [-0.2, -0.15) is 52.7 Å². The van der Waals surface area contributed by atoms with E-state index in [9.17, 15) is 62.9 Å². The number of hydrogen-bond acceptors (Lipinski definition) is 2. The quantitative estimate of drug-likeness (QED) is 0.554. The molecule has 0 spiro atoms. The van der Waals surface area contributed by atoms with E-state index in [1.54, 1.807) is 0 Å². The van der Waals surface area contributed by atoms with E-state index in [1.165, 1.54) is 6.92 Å². The van der Waals surface area contributed by atoms with Gasteiger partial charge in [0.15, 0.2) is 0 Å². The highest BCUT2D eigenvalue weighted by Gasteiger charge is 2.80. The molecule has 0 radical (unpaired) electrons. The maximum Gasteiger partial charge on any atom is 0.426 e. The van der Waals surface area contributed by atoms with Crippen LogP contribution in [0.2, 0.25) is 0 Å². The molecule has 30 heavy (non-hydrogen) atoms. The Morgan fingerprint density at radius 1 is 0.667 bits per heavy atom. The first-order chi connectivity index (χ1) is 13.0. The van der Waals surface area contributed by atoms with Gasteiger partial charge < -0.3 is 10.2 Å². The largest absolute Gasteiger partial charge is 0.426 e. The smallest absolute Gasteiger partial charge is 0.374 e. The minimum absolute atomic E-state index is 0.857. The summed E-state index contributed by atoms with van der Waals surface area (Å²) in [6.45, 7) is 2.34. The number of fused-ring (bicyclic) bond motifs is 2. The van der Waals surface area contributed by atoms with Gasteiger partial charge in [0.05, 0.1) is 0 Å². The molecule has 2 fully saturated rings. The fourth-order valence-corrected chi connectivity index (χ4v) is 5.39. The summed E-state index contributed by atoms with van der Waals surface area (Å²) in [6, 6.07) is 0. The SMILES string of the molecule is CC1C(C)C2C(CC(O)(C(F)(F)F)C(F)(F)F)CC1C2C(O)(C(F)(F)F)C(F)(F)F. The lowest BCUT2D eigenvalue weighted by Gasteiger charge is -2.41. The van der Waals surface area contributed by atoms with E-state index in [0.717, 1.165) is 6.92 Å². The standard InChI is InChI=1S/C16H18F12O2/c1-5-6(2)9-7(4-11(29,13(17,18)19)14(20,21)22)3-8(5)10(9)12(30,15(23,24)25)16(26,27)28/h5-10,29-30H,3-4H2,1-2H3. The Morgan fingerprint density at radius 3 is 1.40 bits per heavy atom. The van der Waals surface area contributed by atoms with Gasteiger partial charge in [0.25, 0.3) is 11.2 Å². The van der Waals surface area contributed by atoms with Crippen molar-refractivity contribution < 1.29 is 62.9 Å². The molecular formula is C16H18F12O2. The molecule has 2 nitrogen and oxygen atoms in total. The number of hydrogen-bond donors (Lipinski definition) is 2. The predicted octanol–water partition coefficient (Wildman–Crippen LogP) is 5.24. The van der Waals surface area contributed by atoms with Gasteiger partial charge in [0, 0.05) is 5.92 Å². The maximum absolute atomic E-state index is 13.3. The predicted molar refractivity (Wildman–Crippen MR) is 75.6 cm³/mol. The molecule has 0 saturated heterocycles. The third-order valence-corrected chi connectivity index (χ3v) is 6.95. The van der Waals surface area contributed by atoms with Crippen LogP contribution in [-0.4, -0.2) is 46.1 Å². The second kappa shape index (κ2) is 6.79. The van der Waals surface area contributed by atoms with Crippen LogP contribution in [-0.2, 0) is 0 Å². The summed E-state index contributed by atoms with van der Waals surface area (Å²) in [4.78, 5) is 0. The van der Waals surface area contributed by atoms with Crippen LogP contribution in [0.15, 0.2) is 0 Å². The minimum Gasteiger partial charge on any atom is -0.374 e. The minimum atomic E-state index is -6.27. The average molecular weight is 470 g/mol. The van der Waals surface area contributed by atoms with Crippen LogP contribution in [0.5, 0.6) is 0 Å². The summed E-state index contributed by atoms with van der Waals surface area (Å²) in [5.41, 5.74) is -10.6. The van der Waals surface area contributed by atoms with Gasteiger partial charge in [0.2, 0.25) is 0 Å². The van der Waals surface area contributed by atoms with Gasteiger partial charge >= 0.3 is 24.7 Å². The van der Waals surface area contributed by atoms with Gasteiger partial charge in [-0.1, -0.05) is 13.8 Å². The Kier molecular flexibility index (Phi) is 5.73. The molecule has 2 aliphatic carbocycles. The van der Waals surface area contributed by atoms with E-state index in [0.29, 0.717) is 0 Å². The van der Waals surface area contributed by atoms with Crippen molar-refractivity contribution >= 4 is 0 Å². The molecule has 0 aromatic carbocycles. The van der Waals surface area contributed by atoms with Crippen LogP contribution < -0.4 is 0 Å². The van der Waals surface area contributed by atoms with E-state index in [2.05, 4.69) is 0 Å². The van der Waals surface area contributed by atoms with Crippen LogP contribution >= 0.6 is 0 Å². The number of alkyl halides is 12. The van der Waals surface area contributed by atoms with E-state index in [4.69, 9.17) is 0 Å². The normalized spacial score (nSPS) is 34.0. The van der Waals surface area contributed by atoms with Crippen molar-refractivity contribution in [3.63, 3.8) is 0 Å².